The van der Waals surface area contributed by atoms with Crippen molar-refractivity contribution in [2.75, 3.05) is 14.2 Å². The van der Waals surface area contributed by atoms with E-state index in [0.717, 1.165) is 5.56 Å². The largest absolute Gasteiger partial charge is 0.493 e. The molecular weight excluding hydrogens is 354 g/mol. The monoisotopic (exact) mass is 375 g/mol. The normalized spacial score (nSPS) is 23.1. The molecule has 0 radical (unpaired) electrons. The summed E-state index contributed by atoms with van der Waals surface area (Å²) >= 11 is 0. The van der Waals surface area contributed by atoms with Crippen LogP contribution in [0, 0.1) is 0 Å². The highest BCUT2D eigenvalue weighted by molar-refractivity contribution is 6.22. The van der Waals surface area contributed by atoms with E-state index in [1.54, 1.807) is 38.5 Å². The van der Waals surface area contributed by atoms with Crippen LogP contribution in [0.25, 0.3) is 0 Å². The first kappa shape index (κ1) is 18.0. The number of methoxy groups -OCH3 is 2. The number of nitrogens with zero attached hydrogens (tertiary/aromatic N) is 1. The van der Waals surface area contributed by atoms with E-state index in [1.807, 2.05) is 49.4 Å². The van der Waals surface area contributed by atoms with Gasteiger partial charge in [-0.2, -0.15) is 0 Å². The highest BCUT2D eigenvalue weighted by Crippen LogP contribution is 2.43. The summed E-state index contributed by atoms with van der Waals surface area (Å²) in [6, 6.07) is 12.6. The van der Waals surface area contributed by atoms with Gasteiger partial charge in [-0.25, -0.2) is 0 Å². The van der Waals surface area contributed by atoms with E-state index in [0.29, 0.717) is 22.6 Å². The van der Waals surface area contributed by atoms with Crippen molar-refractivity contribution in [2.24, 2.45) is 0 Å². The predicted molar refractivity (Wildman–Crippen MR) is 106 cm³/mol. The van der Waals surface area contributed by atoms with Crippen molar-refractivity contribution in [1.29, 1.82) is 0 Å². The van der Waals surface area contributed by atoms with Gasteiger partial charge in [0.2, 0.25) is 0 Å². The number of ether oxygens (including phenoxy) is 2. The number of fused-ring (bicyclic) bond motifs is 1. The molecule has 5 nitrogen and oxygen atoms in total. The van der Waals surface area contributed by atoms with Gasteiger partial charge in [0.15, 0.2) is 11.5 Å². The number of amides is 2. The first-order valence-corrected chi connectivity index (χ1v) is 9.07. The van der Waals surface area contributed by atoms with E-state index in [1.165, 1.54) is 4.90 Å². The van der Waals surface area contributed by atoms with Gasteiger partial charge in [0.05, 0.1) is 30.9 Å². The standard InChI is InChI=1S/C23H21NO4/c1-23(24-21(25)16-8-4-5-9-17(16)22(24)26)13-7-6-10-18(23)15-11-12-19(27-2)20(14-15)28-3/h4-14,18H,1-3H3. The molecule has 5 heteroatoms. The van der Waals surface area contributed by atoms with Crippen molar-refractivity contribution < 1.29 is 19.1 Å². The Morgan fingerprint density at radius 3 is 2.14 bits per heavy atom. The van der Waals surface area contributed by atoms with Crippen LogP contribution in [0.4, 0.5) is 0 Å². The summed E-state index contributed by atoms with van der Waals surface area (Å²) in [6.07, 6.45) is 7.73. The summed E-state index contributed by atoms with van der Waals surface area (Å²) < 4.78 is 10.8. The van der Waals surface area contributed by atoms with Gasteiger partial charge < -0.3 is 9.47 Å². The molecule has 1 aliphatic carbocycles. The van der Waals surface area contributed by atoms with Crippen LogP contribution >= 0.6 is 0 Å². The van der Waals surface area contributed by atoms with Crippen LogP contribution in [0.5, 0.6) is 11.5 Å². The molecule has 2 aliphatic rings. The Labute approximate surface area is 163 Å². The minimum absolute atomic E-state index is 0.223. The number of hydrogen-bond donors (Lipinski definition) is 0. The Balaban J connectivity index is 1.80. The Morgan fingerprint density at radius 2 is 1.54 bits per heavy atom. The fraction of sp³-hybridized carbons (Fsp3) is 0.217. The van der Waals surface area contributed by atoms with Crippen LogP contribution in [-0.4, -0.2) is 36.5 Å². The van der Waals surface area contributed by atoms with Gasteiger partial charge >= 0.3 is 0 Å². The first-order chi connectivity index (χ1) is 13.5. The fourth-order valence-corrected chi connectivity index (χ4v) is 4.06. The molecule has 0 spiro atoms. The van der Waals surface area contributed by atoms with Crippen molar-refractivity contribution in [3.63, 3.8) is 0 Å². The van der Waals surface area contributed by atoms with Crippen LogP contribution in [0.2, 0.25) is 0 Å². The molecule has 2 aromatic rings. The van der Waals surface area contributed by atoms with E-state index < -0.39 is 5.54 Å². The van der Waals surface area contributed by atoms with Gasteiger partial charge in [-0.05, 0) is 36.8 Å². The number of benzene rings is 2. The predicted octanol–water partition coefficient (Wildman–Crippen LogP) is 3.97. The third-order valence-corrected chi connectivity index (χ3v) is 5.52. The third kappa shape index (κ3) is 2.54. The summed E-state index contributed by atoms with van der Waals surface area (Å²) in [4.78, 5) is 27.6. The second-order valence-electron chi connectivity index (χ2n) is 7.05. The average Bonchev–Trinajstić information content (AvgIpc) is 2.99. The van der Waals surface area contributed by atoms with Crippen LogP contribution < -0.4 is 9.47 Å². The molecule has 0 bridgehead atoms. The lowest BCUT2D eigenvalue weighted by molar-refractivity contribution is 0.0499. The molecule has 142 valence electrons. The van der Waals surface area contributed by atoms with Crippen molar-refractivity contribution >= 4 is 11.8 Å². The van der Waals surface area contributed by atoms with Crippen molar-refractivity contribution in [3.05, 3.63) is 83.5 Å². The molecular formula is C23H21NO4. The van der Waals surface area contributed by atoms with E-state index >= 15 is 0 Å². The molecule has 2 unspecified atom stereocenters. The lowest BCUT2D eigenvalue weighted by Gasteiger charge is -2.42. The zero-order valence-electron chi connectivity index (χ0n) is 16.0. The second-order valence-corrected chi connectivity index (χ2v) is 7.05. The molecule has 1 aliphatic heterocycles. The maximum atomic E-state index is 13.1. The summed E-state index contributed by atoms with van der Waals surface area (Å²) in [7, 11) is 3.17. The summed E-state index contributed by atoms with van der Waals surface area (Å²) in [5, 5.41) is 0. The average molecular weight is 375 g/mol. The van der Waals surface area contributed by atoms with Crippen LogP contribution in [0.3, 0.4) is 0 Å². The van der Waals surface area contributed by atoms with Gasteiger partial charge in [-0.15, -0.1) is 0 Å². The van der Waals surface area contributed by atoms with Gasteiger partial charge in [-0.1, -0.05) is 42.5 Å². The van der Waals surface area contributed by atoms with Gasteiger partial charge in [-0.3, -0.25) is 14.5 Å². The number of hydrogen-bond acceptors (Lipinski definition) is 4. The molecule has 0 fully saturated rings. The van der Waals surface area contributed by atoms with Crippen LogP contribution in [0.1, 0.15) is 39.1 Å². The van der Waals surface area contributed by atoms with E-state index in [2.05, 4.69) is 0 Å². The maximum absolute atomic E-state index is 13.1. The Hall–Kier alpha value is -3.34. The van der Waals surface area contributed by atoms with E-state index in [4.69, 9.17) is 9.47 Å². The molecule has 2 atom stereocenters. The molecule has 0 saturated heterocycles. The third-order valence-electron chi connectivity index (χ3n) is 5.52. The van der Waals surface area contributed by atoms with Crippen molar-refractivity contribution in [2.45, 2.75) is 18.4 Å². The fourth-order valence-electron chi connectivity index (χ4n) is 4.06. The quantitative estimate of drug-likeness (QED) is 0.759. The Kier molecular flexibility index (Phi) is 4.30. The summed E-state index contributed by atoms with van der Waals surface area (Å²) in [5.41, 5.74) is 0.976. The molecule has 1 heterocycles. The molecule has 2 aromatic carbocycles. The lowest BCUT2D eigenvalue weighted by atomic mass is 9.76. The Morgan fingerprint density at radius 1 is 0.893 bits per heavy atom. The zero-order valence-corrected chi connectivity index (χ0v) is 16.0. The van der Waals surface area contributed by atoms with Crippen LogP contribution in [0.15, 0.2) is 66.8 Å². The molecule has 0 saturated carbocycles. The maximum Gasteiger partial charge on any atom is 0.262 e. The number of rotatable bonds is 4. The van der Waals surface area contributed by atoms with E-state index in [9.17, 15) is 9.59 Å². The Bertz CT molecular complexity index is 988. The molecule has 2 amide bonds. The lowest BCUT2D eigenvalue weighted by Crippen LogP contribution is -2.52. The number of imide groups is 1. The van der Waals surface area contributed by atoms with E-state index in [-0.39, 0.29) is 17.7 Å². The van der Waals surface area contributed by atoms with Gasteiger partial charge in [0.25, 0.3) is 11.8 Å². The van der Waals surface area contributed by atoms with Gasteiger partial charge in [0, 0.05) is 5.92 Å². The number of carbonyl (C=O) groups is 2. The summed E-state index contributed by atoms with van der Waals surface area (Å²) in [6.45, 7) is 1.91. The molecule has 0 N–H and O–H groups in total. The topological polar surface area (TPSA) is 55.8 Å². The minimum Gasteiger partial charge on any atom is -0.493 e. The SMILES string of the molecule is COc1ccc(C2C=CC=CC2(C)N2C(=O)c3ccccc3C2=O)cc1OC. The molecule has 0 aromatic heterocycles. The zero-order chi connectivity index (χ0) is 19.9. The minimum atomic E-state index is -0.846. The first-order valence-electron chi connectivity index (χ1n) is 9.07. The highest BCUT2D eigenvalue weighted by atomic mass is 16.5. The highest BCUT2D eigenvalue weighted by Gasteiger charge is 2.49. The smallest absolute Gasteiger partial charge is 0.262 e. The molecule has 4 rings (SSSR count). The number of carbonyl (C=O) groups excluding carboxylic acids is 2. The summed E-state index contributed by atoms with van der Waals surface area (Å²) in [5.74, 6) is 0.471. The van der Waals surface area contributed by atoms with Gasteiger partial charge in [0.1, 0.15) is 0 Å². The van der Waals surface area contributed by atoms with Crippen molar-refractivity contribution in [3.8, 4) is 11.5 Å². The van der Waals surface area contributed by atoms with Crippen molar-refractivity contribution in [1.82, 2.24) is 4.90 Å². The second kappa shape index (κ2) is 6.68. The molecule has 28 heavy (non-hydrogen) atoms. The van der Waals surface area contributed by atoms with Crippen LogP contribution in [-0.2, 0) is 0 Å². The number of allylic oxidation sites excluding steroid dienone is 2.